The summed E-state index contributed by atoms with van der Waals surface area (Å²) in [6.07, 6.45) is 2.56. The van der Waals surface area contributed by atoms with Crippen LogP contribution in [-0.2, 0) is 0 Å². The SMILES string of the molecule is Cc1ccsc1-c1csc(C2CCCNC2)n1. The maximum Gasteiger partial charge on any atom is 0.0976 e. The first-order chi connectivity index (χ1) is 8.34. The fourth-order valence-corrected chi connectivity index (χ4v) is 4.19. The Kier molecular flexibility index (Phi) is 3.27. The summed E-state index contributed by atoms with van der Waals surface area (Å²) in [5.74, 6) is 0.628. The van der Waals surface area contributed by atoms with Crippen molar-refractivity contribution in [2.24, 2.45) is 0 Å². The van der Waals surface area contributed by atoms with Gasteiger partial charge in [-0.3, -0.25) is 0 Å². The maximum absolute atomic E-state index is 4.83. The molecule has 1 N–H and O–H groups in total. The lowest BCUT2D eigenvalue weighted by Crippen LogP contribution is -2.28. The van der Waals surface area contributed by atoms with E-state index >= 15 is 0 Å². The Labute approximate surface area is 110 Å². The molecule has 0 spiro atoms. The molecule has 0 bridgehead atoms. The zero-order valence-corrected chi connectivity index (χ0v) is 11.5. The van der Waals surface area contributed by atoms with Crippen molar-refractivity contribution in [2.45, 2.75) is 25.7 Å². The van der Waals surface area contributed by atoms with Crippen LogP contribution in [0.1, 0.15) is 29.3 Å². The van der Waals surface area contributed by atoms with Gasteiger partial charge >= 0.3 is 0 Å². The Morgan fingerprint density at radius 2 is 2.35 bits per heavy atom. The van der Waals surface area contributed by atoms with Gasteiger partial charge in [0.05, 0.1) is 15.6 Å². The van der Waals surface area contributed by atoms with E-state index in [1.165, 1.54) is 40.5 Å². The maximum atomic E-state index is 4.83. The third kappa shape index (κ3) is 2.30. The third-order valence-electron chi connectivity index (χ3n) is 3.26. The van der Waals surface area contributed by atoms with Gasteiger partial charge in [0.15, 0.2) is 0 Å². The van der Waals surface area contributed by atoms with Crippen molar-refractivity contribution in [1.82, 2.24) is 10.3 Å². The number of hydrogen-bond donors (Lipinski definition) is 1. The topological polar surface area (TPSA) is 24.9 Å². The van der Waals surface area contributed by atoms with E-state index in [-0.39, 0.29) is 0 Å². The van der Waals surface area contributed by atoms with Crippen LogP contribution in [-0.4, -0.2) is 18.1 Å². The van der Waals surface area contributed by atoms with E-state index in [1.807, 2.05) is 11.3 Å². The normalized spacial score (nSPS) is 20.6. The van der Waals surface area contributed by atoms with Crippen LogP contribution in [0.3, 0.4) is 0 Å². The molecule has 2 nitrogen and oxygen atoms in total. The fourth-order valence-electron chi connectivity index (χ4n) is 2.28. The summed E-state index contributed by atoms with van der Waals surface area (Å²) in [6.45, 7) is 4.42. The van der Waals surface area contributed by atoms with Gasteiger partial charge in [0.2, 0.25) is 0 Å². The van der Waals surface area contributed by atoms with Crippen LogP contribution in [0.25, 0.3) is 10.6 Å². The first-order valence-electron chi connectivity index (χ1n) is 6.05. The van der Waals surface area contributed by atoms with Crippen molar-refractivity contribution < 1.29 is 0 Å². The number of nitrogens with zero attached hydrogens (tertiary/aromatic N) is 1. The van der Waals surface area contributed by atoms with E-state index in [0.29, 0.717) is 5.92 Å². The smallest absolute Gasteiger partial charge is 0.0976 e. The zero-order chi connectivity index (χ0) is 11.7. The molecule has 0 aromatic carbocycles. The monoisotopic (exact) mass is 264 g/mol. The van der Waals surface area contributed by atoms with Crippen molar-refractivity contribution in [3.8, 4) is 10.6 Å². The van der Waals surface area contributed by atoms with E-state index in [9.17, 15) is 0 Å². The number of thiazole rings is 1. The van der Waals surface area contributed by atoms with Crippen molar-refractivity contribution in [3.05, 3.63) is 27.4 Å². The fraction of sp³-hybridized carbons (Fsp3) is 0.462. The summed E-state index contributed by atoms with van der Waals surface area (Å²) < 4.78 is 0. The minimum atomic E-state index is 0.628. The third-order valence-corrected chi connectivity index (χ3v) is 5.31. The van der Waals surface area contributed by atoms with Crippen LogP contribution in [0.5, 0.6) is 0 Å². The molecule has 1 unspecified atom stereocenters. The number of nitrogens with one attached hydrogen (secondary N) is 1. The summed E-state index contributed by atoms with van der Waals surface area (Å²) in [6, 6.07) is 2.17. The van der Waals surface area contributed by atoms with Gasteiger partial charge in [-0.2, -0.15) is 0 Å². The van der Waals surface area contributed by atoms with Gasteiger partial charge in [-0.1, -0.05) is 0 Å². The highest BCUT2D eigenvalue weighted by atomic mass is 32.1. The summed E-state index contributed by atoms with van der Waals surface area (Å²) in [5.41, 5.74) is 2.51. The van der Waals surface area contributed by atoms with Crippen molar-refractivity contribution in [2.75, 3.05) is 13.1 Å². The van der Waals surface area contributed by atoms with Gasteiger partial charge in [-0.15, -0.1) is 22.7 Å². The molecular formula is C13H16N2S2. The Morgan fingerprint density at radius 3 is 3.06 bits per heavy atom. The second kappa shape index (κ2) is 4.88. The van der Waals surface area contributed by atoms with Gasteiger partial charge < -0.3 is 5.32 Å². The number of aryl methyl sites for hydroxylation is 1. The number of rotatable bonds is 2. The minimum absolute atomic E-state index is 0.628. The van der Waals surface area contributed by atoms with E-state index in [4.69, 9.17) is 4.98 Å². The Balaban J connectivity index is 1.85. The van der Waals surface area contributed by atoms with Crippen molar-refractivity contribution >= 4 is 22.7 Å². The van der Waals surface area contributed by atoms with Gasteiger partial charge in [-0.25, -0.2) is 4.98 Å². The van der Waals surface area contributed by atoms with Gasteiger partial charge in [-0.05, 0) is 43.3 Å². The molecule has 17 heavy (non-hydrogen) atoms. The van der Waals surface area contributed by atoms with Crippen LogP contribution < -0.4 is 5.32 Å². The highest BCUT2D eigenvalue weighted by molar-refractivity contribution is 7.14. The van der Waals surface area contributed by atoms with E-state index in [0.717, 1.165) is 6.54 Å². The zero-order valence-electron chi connectivity index (χ0n) is 9.90. The Morgan fingerprint density at radius 1 is 1.41 bits per heavy atom. The molecule has 0 amide bonds. The van der Waals surface area contributed by atoms with Crippen LogP contribution in [0, 0.1) is 6.92 Å². The molecule has 1 fully saturated rings. The molecule has 2 aromatic heterocycles. The highest BCUT2D eigenvalue weighted by Crippen LogP contribution is 2.33. The summed E-state index contributed by atoms with van der Waals surface area (Å²) in [7, 11) is 0. The number of hydrogen-bond acceptors (Lipinski definition) is 4. The number of piperidine rings is 1. The van der Waals surface area contributed by atoms with E-state index in [1.54, 1.807) is 11.3 Å². The minimum Gasteiger partial charge on any atom is -0.316 e. The molecule has 0 saturated carbocycles. The van der Waals surface area contributed by atoms with Crippen LogP contribution in [0.4, 0.5) is 0 Å². The first-order valence-corrected chi connectivity index (χ1v) is 7.81. The number of thiophene rings is 1. The lowest BCUT2D eigenvalue weighted by Gasteiger charge is -2.20. The molecule has 1 aliphatic heterocycles. The average Bonchev–Trinajstić information content (AvgIpc) is 2.98. The molecule has 3 rings (SSSR count). The second-order valence-corrected chi connectivity index (χ2v) is 6.35. The first kappa shape index (κ1) is 11.4. The van der Waals surface area contributed by atoms with Gasteiger partial charge in [0.25, 0.3) is 0 Å². The van der Waals surface area contributed by atoms with Crippen molar-refractivity contribution in [3.63, 3.8) is 0 Å². The molecule has 4 heteroatoms. The van der Waals surface area contributed by atoms with Gasteiger partial charge in [0, 0.05) is 17.8 Å². The Hall–Kier alpha value is -0.710. The lowest BCUT2D eigenvalue weighted by atomic mass is 10.0. The van der Waals surface area contributed by atoms with Crippen LogP contribution in [0.15, 0.2) is 16.8 Å². The van der Waals surface area contributed by atoms with E-state index in [2.05, 4.69) is 29.1 Å². The lowest BCUT2D eigenvalue weighted by molar-refractivity contribution is 0.460. The summed E-state index contributed by atoms with van der Waals surface area (Å²) in [4.78, 5) is 6.16. The Bertz CT molecular complexity index is 495. The predicted molar refractivity (Wildman–Crippen MR) is 75.0 cm³/mol. The van der Waals surface area contributed by atoms with Crippen molar-refractivity contribution in [1.29, 1.82) is 0 Å². The summed E-state index contributed by atoms with van der Waals surface area (Å²) >= 11 is 3.61. The average molecular weight is 264 g/mol. The molecule has 90 valence electrons. The van der Waals surface area contributed by atoms with Crippen LogP contribution in [0.2, 0.25) is 0 Å². The number of aromatic nitrogens is 1. The highest BCUT2D eigenvalue weighted by Gasteiger charge is 2.19. The molecule has 1 aliphatic rings. The van der Waals surface area contributed by atoms with Gasteiger partial charge in [0.1, 0.15) is 0 Å². The second-order valence-electron chi connectivity index (χ2n) is 4.55. The molecule has 1 atom stereocenters. The molecule has 0 radical (unpaired) electrons. The molecule has 2 aromatic rings. The van der Waals surface area contributed by atoms with E-state index < -0.39 is 0 Å². The molecule has 1 saturated heterocycles. The largest absolute Gasteiger partial charge is 0.316 e. The molecule has 3 heterocycles. The molecular weight excluding hydrogens is 248 g/mol. The molecule has 0 aliphatic carbocycles. The quantitative estimate of drug-likeness (QED) is 0.895. The summed E-state index contributed by atoms with van der Waals surface area (Å²) in [5, 5.41) is 9.12. The predicted octanol–water partition coefficient (Wildman–Crippen LogP) is 3.65. The standard InChI is InChI=1S/C13H16N2S2/c1-9-4-6-16-12(9)11-8-17-13(15-11)10-3-2-5-14-7-10/h4,6,8,10,14H,2-3,5,7H2,1H3. The van der Waals surface area contributed by atoms with Crippen LogP contribution >= 0.6 is 22.7 Å².